The first-order chi connectivity index (χ1) is 15.6. The third-order valence-corrected chi connectivity index (χ3v) is 5.62. The number of allylic oxidation sites excluding steroid dienone is 1. The number of phenolic OH excluding ortho intramolecular Hbond substituents is 1. The summed E-state index contributed by atoms with van der Waals surface area (Å²) in [6, 6.07) is 3.06. The quantitative estimate of drug-likeness (QED) is 0.191. The Hall–Kier alpha value is -2.00. The van der Waals surface area contributed by atoms with Gasteiger partial charge < -0.3 is 59.4 Å². The molecule has 0 aliphatic carbocycles. The first-order valence-corrected chi connectivity index (χ1v) is 10.3. The number of hydrogen-bond acceptors (Lipinski definition) is 12. The Bertz CT molecular complexity index is 819. The van der Waals surface area contributed by atoms with Gasteiger partial charge in [-0.05, 0) is 24.1 Å². The molecule has 1 aromatic rings. The van der Waals surface area contributed by atoms with Gasteiger partial charge in [0.1, 0.15) is 36.1 Å². The van der Waals surface area contributed by atoms with Crippen LogP contribution >= 0.6 is 0 Å². The summed E-state index contributed by atoms with van der Waals surface area (Å²) in [5, 5.41) is 70.6. The summed E-state index contributed by atoms with van der Waals surface area (Å²) in [6.07, 6.45) is -8.56. The van der Waals surface area contributed by atoms with Crippen LogP contribution < -0.4 is 9.47 Å². The summed E-state index contributed by atoms with van der Waals surface area (Å²) < 4.78 is 26.8. The minimum absolute atomic E-state index is 0.0962. The van der Waals surface area contributed by atoms with E-state index in [1.165, 1.54) is 13.2 Å². The topological polar surface area (TPSA) is 188 Å². The third kappa shape index (κ3) is 5.24. The molecule has 12 heteroatoms. The maximum Gasteiger partial charge on any atom is 0.229 e. The van der Waals surface area contributed by atoms with E-state index in [0.29, 0.717) is 12.0 Å². The molecule has 0 bridgehead atoms. The van der Waals surface area contributed by atoms with Gasteiger partial charge in [0.15, 0.2) is 17.8 Å². The first-order valence-electron chi connectivity index (χ1n) is 10.3. The maximum absolute atomic E-state index is 10.4. The van der Waals surface area contributed by atoms with Crippen LogP contribution in [0.3, 0.4) is 0 Å². The molecular formula is C21H30O12. The van der Waals surface area contributed by atoms with Crippen molar-refractivity contribution < 1.29 is 59.4 Å². The Balaban J connectivity index is 1.72. The van der Waals surface area contributed by atoms with E-state index < -0.39 is 61.9 Å². The van der Waals surface area contributed by atoms with Crippen LogP contribution in [0.15, 0.2) is 24.8 Å². The molecule has 2 heterocycles. The van der Waals surface area contributed by atoms with Gasteiger partial charge in [-0.2, -0.15) is 0 Å². The van der Waals surface area contributed by atoms with Crippen molar-refractivity contribution >= 4 is 0 Å². The number of methoxy groups -OCH3 is 1. The molecule has 0 saturated carbocycles. The zero-order valence-electron chi connectivity index (χ0n) is 18.0. The molecule has 0 spiro atoms. The SMILES string of the molecule is C=CCc1cc(OC)c(O)c(OC2OC(COC3OCC(O)(CO)C3O)C(O)C(O)C2O)c1. The standard InChI is InChI=1S/C21H30O12/c1-3-4-10-5-11(29-2)14(23)12(6-10)32-19-17(26)16(25)15(24)13(33-19)7-30-20-18(27)21(28,8-22)9-31-20/h3,5-6,13,15-20,22-28H,1,4,7-9H2,2H3. The zero-order chi connectivity index (χ0) is 24.3. The molecule has 186 valence electrons. The zero-order valence-corrected chi connectivity index (χ0v) is 18.0. The van der Waals surface area contributed by atoms with Crippen molar-refractivity contribution in [3.05, 3.63) is 30.4 Å². The van der Waals surface area contributed by atoms with Gasteiger partial charge in [0.25, 0.3) is 0 Å². The summed E-state index contributed by atoms with van der Waals surface area (Å²) in [7, 11) is 1.35. The van der Waals surface area contributed by atoms with Crippen LogP contribution in [0.4, 0.5) is 0 Å². The van der Waals surface area contributed by atoms with E-state index in [9.17, 15) is 35.7 Å². The van der Waals surface area contributed by atoms with E-state index in [0.717, 1.165) is 0 Å². The number of rotatable bonds is 9. The van der Waals surface area contributed by atoms with Gasteiger partial charge in [0, 0.05) is 0 Å². The van der Waals surface area contributed by atoms with Crippen molar-refractivity contribution in [1.29, 1.82) is 0 Å². The highest BCUT2D eigenvalue weighted by Gasteiger charge is 2.50. The average molecular weight is 474 g/mol. The number of hydrogen-bond donors (Lipinski definition) is 7. The van der Waals surface area contributed by atoms with Crippen molar-refractivity contribution in [1.82, 2.24) is 0 Å². The highest BCUT2D eigenvalue weighted by atomic mass is 16.7. The highest BCUT2D eigenvalue weighted by Crippen LogP contribution is 2.39. The molecule has 7 N–H and O–H groups in total. The number of aliphatic hydroxyl groups is 6. The van der Waals surface area contributed by atoms with Crippen LogP contribution in [-0.2, 0) is 20.6 Å². The van der Waals surface area contributed by atoms with Gasteiger partial charge in [0.05, 0.1) is 26.9 Å². The van der Waals surface area contributed by atoms with Gasteiger partial charge in [-0.15, -0.1) is 6.58 Å². The van der Waals surface area contributed by atoms with Crippen LogP contribution in [0.2, 0.25) is 0 Å². The highest BCUT2D eigenvalue weighted by molar-refractivity contribution is 5.53. The number of aliphatic hydroxyl groups excluding tert-OH is 5. The second-order valence-corrected chi connectivity index (χ2v) is 7.99. The fraction of sp³-hybridized carbons (Fsp3) is 0.619. The molecule has 0 aromatic heterocycles. The summed E-state index contributed by atoms with van der Waals surface area (Å²) in [5.41, 5.74) is -1.21. The van der Waals surface area contributed by atoms with Gasteiger partial charge in [-0.1, -0.05) is 6.08 Å². The lowest BCUT2D eigenvalue weighted by atomic mass is 9.99. The lowest BCUT2D eigenvalue weighted by Crippen LogP contribution is -2.60. The summed E-state index contributed by atoms with van der Waals surface area (Å²) >= 11 is 0. The van der Waals surface area contributed by atoms with Crippen molar-refractivity contribution in [2.75, 3.05) is 26.9 Å². The fourth-order valence-corrected chi connectivity index (χ4v) is 3.57. The molecule has 0 radical (unpaired) electrons. The Kier molecular flexibility index (Phi) is 8.16. The molecule has 2 aliphatic heterocycles. The van der Waals surface area contributed by atoms with E-state index >= 15 is 0 Å². The molecule has 12 nitrogen and oxygen atoms in total. The van der Waals surface area contributed by atoms with E-state index in [4.69, 9.17) is 23.7 Å². The third-order valence-electron chi connectivity index (χ3n) is 5.62. The van der Waals surface area contributed by atoms with E-state index in [-0.39, 0.29) is 23.9 Å². The largest absolute Gasteiger partial charge is 0.502 e. The monoisotopic (exact) mass is 474 g/mol. The molecule has 8 atom stereocenters. The molecule has 3 rings (SSSR count). The predicted octanol–water partition coefficient (Wildman–Crippen LogP) is -2.23. The second kappa shape index (κ2) is 10.5. The Morgan fingerprint density at radius 3 is 2.42 bits per heavy atom. The Morgan fingerprint density at radius 2 is 1.82 bits per heavy atom. The van der Waals surface area contributed by atoms with Gasteiger partial charge >= 0.3 is 0 Å². The molecular weight excluding hydrogens is 444 g/mol. The molecule has 8 unspecified atom stereocenters. The van der Waals surface area contributed by atoms with Crippen molar-refractivity contribution in [3.8, 4) is 17.2 Å². The number of ether oxygens (including phenoxy) is 5. The van der Waals surface area contributed by atoms with E-state index in [2.05, 4.69) is 6.58 Å². The minimum atomic E-state index is -1.90. The van der Waals surface area contributed by atoms with Crippen LogP contribution in [0.5, 0.6) is 17.2 Å². The van der Waals surface area contributed by atoms with Crippen LogP contribution in [0.25, 0.3) is 0 Å². The molecule has 2 aliphatic rings. The molecule has 33 heavy (non-hydrogen) atoms. The lowest BCUT2D eigenvalue weighted by molar-refractivity contribution is -0.289. The van der Waals surface area contributed by atoms with Gasteiger partial charge in [-0.3, -0.25) is 0 Å². The van der Waals surface area contributed by atoms with Crippen LogP contribution in [0.1, 0.15) is 5.56 Å². The summed E-state index contributed by atoms with van der Waals surface area (Å²) in [4.78, 5) is 0. The number of benzene rings is 1. The number of phenols is 1. The Morgan fingerprint density at radius 1 is 1.12 bits per heavy atom. The molecule has 0 amide bonds. The minimum Gasteiger partial charge on any atom is -0.502 e. The number of aromatic hydroxyl groups is 1. The summed E-state index contributed by atoms with van der Waals surface area (Å²) in [5.74, 6) is -0.347. The smallest absolute Gasteiger partial charge is 0.229 e. The fourth-order valence-electron chi connectivity index (χ4n) is 3.57. The molecule has 1 aromatic carbocycles. The average Bonchev–Trinajstić information content (AvgIpc) is 3.09. The van der Waals surface area contributed by atoms with Crippen LogP contribution in [-0.4, -0.2) is 111 Å². The van der Waals surface area contributed by atoms with Gasteiger partial charge in [-0.25, -0.2) is 0 Å². The van der Waals surface area contributed by atoms with E-state index in [1.54, 1.807) is 12.1 Å². The summed E-state index contributed by atoms with van der Waals surface area (Å²) in [6.45, 7) is 2.09. The second-order valence-electron chi connectivity index (χ2n) is 7.99. The first kappa shape index (κ1) is 25.6. The normalized spacial score (nSPS) is 36.5. The van der Waals surface area contributed by atoms with E-state index in [1.807, 2.05) is 0 Å². The van der Waals surface area contributed by atoms with Crippen molar-refractivity contribution in [3.63, 3.8) is 0 Å². The molecule has 2 fully saturated rings. The van der Waals surface area contributed by atoms with Gasteiger partial charge in [0.2, 0.25) is 12.0 Å². The van der Waals surface area contributed by atoms with Crippen LogP contribution in [0, 0.1) is 0 Å². The molecule has 2 saturated heterocycles. The Labute approximate surface area is 189 Å². The van der Waals surface area contributed by atoms with Crippen molar-refractivity contribution in [2.24, 2.45) is 0 Å². The lowest BCUT2D eigenvalue weighted by Gasteiger charge is -2.40. The van der Waals surface area contributed by atoms with Crippen molar-refractivity contribution in [2.45, 2.75) is 55.1 Å². The predicted molar refractivity (Wildman–Crippen MR) is 110 cm³/mol. The maximum atomic E-state index is 10.4.